The molecule has 1 unspecified atom stereocenters. The minimum atomic E-state index is 0.414. The Morgan fingerprint density at radius 1 is 1.11 bits per heavy atom. The van der Waals surface area contributed by atoms with Crippen LogP contribution in [-0.2, 0) is 9.47 Å². The maximum atomic E-state index is 5.44. The molecule has 1 atom stereocenters. The topological polar surface area (TPSA) is 30.5 Å². The van der Waals surface area contributed by atoms with Gasteiger partial charge in [0.1, 0.15) is 0 Å². The van der Waals surface area contributed by atoms with Crippen molar-refractivity contribution in [3.63, 3.8) is 0 Å². The average molecular weight is 251 g/mol. The monoisotopic (exact) mass is 251 g/mol. The van der Waals surface area contributed by atoms with E-state index in [1.54, 1.807) is 7.11 Å². The van der Waals surface area contributed by atoms with Gasteiger partial charge in [-0.3, -0.25) is 0 Å². The molecule has 0 aliphatic heterocycles. The lowest BCUT2D eigenvalue weighted by molar-refractivity contribution is 0.0710. The first kappa shape index (κ1) is 15.2. The van der Waals surface area contributed by atoms with Crippen molar-refractivity contribution in [2.75, 3.05) is 33.5 Å². The van der Waals surface area contributed by atoms with Gasteiger partial charge in [-0.05, 0) is 18.9 Å². The van der Waals surface area contributed by atoms with Crippen LogP contribution in [0.25, 0.3) is 0 Å². The van der Waals surface area contributed by atoms with E-state index in [4.69, 9.17) is 9.47 Å². The number of benzene rings is 1. The summed E-state index contributed by atoms with van der Waals surface area (Å²) in [6.45, 7) is 7.24. The molecule has 3 heteroatoms. The van der Waals surface area contributed by atoms with Crippen molar-refractivity contribution in [1.82, 2.24) is 5.32 Å². The quantitative estimate of drug-likeness (QED) is 0.685. The third kappa shape index (κ3) is 5.63. The Morgan fingerprint density at radius 3 is 2.44 bits per heavy atom. The molecule has 0 radical (unpaired) electrons. The number of methoxy groups -OCH3 is 1. The third-order valence-electron chi connectivity index (χ3n) is 2.96. The average Bonchev–Trinajstić information content (AvgIpc) is 2.39. The Morgan fingerprint density at radius 2 is 1.83 bits per heavy atom. The Balaban J connectivity index is 2.27. The van der Waals surface area contributed by atoms with Gasteiger partial charge >= 0.3 is 0 Å². The van der Waals surface area contributed by atoms with Crippen molar-refractivity contribution in [2.45, 2.75) is 26.3 Å². The van der Waals surface area contributed by atoms with Gasteiger partial charge in [-0.1, -0.05) is 36.8 Å². The van der Waals surface area contributed by atoms with Crippen LogP contribution < -0.4 is 5.32 Å². The molecule has 0 aliphatic rings. The van der Waals surface area contributed by atoms with Gasteiger partial charge in [-0.25, -0.2) is 0 Å². The van der Waals surface area contributed by atoms with E-state index in [0.29, 0.717) is 19.3 Å². The van der Waals surface area contributed by atoms with Crippen LogP contribution in [0.5, 0.6) is 0 Å². The molecule has 1 rings (SSSR count). The Kier molecular flexibility index (Phi) is 7.65. The molecule has 0 fully saturated rings. The van der Waals surface area contributed by atoms with E-state index in [1.807, 2.05) is 0 Å². The summed E-state index contributed by atoms with van der Waals surface area (Å²) < 4.78 is 10.4. The van der Waals surface area contributed by atoms with Gasteiger partial charge < -0.3 is 14.8 Å². The predicted molar refractivity (Wildman–Crippen MR) is 74.9 cm³/mol. The summed E-state index contributed by atoms with van der Waals surface area (Å²) in [6.07, 6.45) is 1.08. The van der Waals surface area contributed by atoms with E-state index in [9.17, 15) is 0 Å². The molecular formula is C15H25NO2. The molecule has 0 aliphatic carbocycles. The zero-order valence-corrected chi connectivity index (χ0v) is 11.7. The zero-order valence-electron chi connectivity index (χ0n) is 11.7. The van der Waals surface area contributed by atoms with Gasteiger partial charge in [0.25, 0.3) is 0 Å². The van der Waals surface area contributed by atoms with Crippen LogP contribution >= 0.6 is 0 Å². The smallest absolute Gasteiger partial charge is 0.0700 e. The van der Waals surface area contributed by atoms with Crippen LogP contribution in [0.15, 0.2) is 24.3 Å². The lowest BCUT2D eigenvalue weighted by Crippen LogP contribution is -2.25. The highest BCUT2D eigenvalue weighted by Crippen LogP contribution is 2.16. The molecule has 0 bridgehead atoms. The molecular weight excluding hydrogens is 226 g/mol. The standard InChI is InChI=1S/C15H25NO2/c1-4-15(14-7-5-13(2)6-8-14)16-9-10-18-12-11-17-3/h5-8,15-16H,4,9-12H2,1-3H3. The van der Waals surface area contributed by atoms with Crippen LogP contribution in [-0.4, -0.2) is 33.5 Å². The van der Waals surface area contributed by atoms with Crippen molar-refractivity contribution in [3.8, 4) is 0 Å². The minimum Gasteiger partial charge on any atom is -0.382 e. The molecule has 18 heavy (non-hydrogen) atoms. The Labute approximate surface area is 110 Å². The second-order valence-corrected chi connectivity index (χ2v) is 4.43. The van der Waals surface area contributed by atoms with Crippen molar-refractivity contribution in [3.05, 3.63) is 35.4 Å². The summed E-state index contributed by atoms with van der Waals surface area (Å²) in [7, 11) is 1.69. The SMILES string of the molecule is CCC(NCCOCCOC)c1ccc(C)cc1. The second kappa shape index (κ2) is 9.09. The molecule has 0 aromatic heterocycles. The molecule has 1 aromatic rings. The number of aryl methyl sites for hydroxylation is 1. The number of hydrogen-bond acceptors (Lipinski definition) is 3. The molecule has 3 nitrogen and oxygen atoms in total. The molecule has 0 saturated carbocycles. The Hall–Kier alpha value is -0.900. The normalized spacial score (nSPS) is 12.6. The molecule has 1 N–H and O–H groups in total. The maximum absolute atomic E-state index is 5.44. The van der Waals surface area contributed by atoms with Crippen LogP contribution in [0, 0.1) is 6.92 Å². The molecule has 0 amide bonds. The predicted octanol–water partition coefficient (Wildman–Crippen LogP) is 2.70. The molecule has 0 heterocycles. The van der Waals surface area contributed by atoms with Crippen molar-refractivity contribution in [2.24, 2.45) is 0 Å². The van der Waals surface area contributed by atoms with Gasteiger partial charge in [0, 0.05) is 19.7 Å². The fraction of sp³-hybridized carbons (Fsp3) is 0.600. The lowest BCUT2D eigenvalue weighted by Gasteiger charge is -2.17. The first-order chi connectivity index (χ1) is 8.77. The fourth-order valence-corrected chi connectivity index (χ4v) is 1.85. The van der Waals surface area contributed by atoms with Crippen molar-refractivity contribution in [1.29, 1.82) is 0 Å². The van der Waals surface area contributed by atoms with E-state index < -0.39 is 0 Å². The van der Waals surface area contributed by atoms with Gasteiger partial charge in [-0.2, -0.15) is 0 Å². The van der Waals surface area contributed by atoms with Gasteiger partial charge in [0.2, 0.25) is 0 Å². The van der Waals surface area contributed by atoms with E-state index in [2.05, 4.69) is 43.4 Å². The fourth-order valence-electron chi connectivity index (χ4n) is 1.85. The summed E-state index contributed by atoms with van der Waals surface area (Å²) in [4.78, 5) is 0. The summed E-state index contributed by atoms with van der Waals surface area (Å²) >= 11 is 0. The van der Waals surface area contributed by atoms with E-state index in [1.165, 1.54) is 11.1 Å². The number of ether oxygens (including phenoxy) is 2. The van der Waals surface area contributed by atoms with E-state index >= 15 is 0 Å². The van der Waals surface area contributed by atoms with E-state index in [-0.39, 0.29) is 0 Å². The second-order valence-electron chi connectivity index (χ2n) is 4.43. The summed E-state index contributed by atoms with van der Waals surface area (Å²) in [5.74, 6) is 0. The van der Waals surface area contributed by atoms with Gasteiger partial charge in [-0.15, -0.1) is 0 Å². The maximum Gasteiger partial charge on any atom is 0.0700 e. The molecule has 0 spiro atoms. The first-order valence-corrected chi connectivity index (χ1v) is 6.64. The number of rotatable bonds is 9. The van der Waals surface area contributed by atoms with Crippen LogP contribution in [0.2, 0.25) is 0 Å². The van der Waals surface area contributed by atoms with Crippen molar-refractivity contribution >= 4 is 0 Å². The highest BCUT2D eigenvalue weighted by atomic mass is 16.5. The van der Waals surface area contributed by atoms with Crippen LogP contribution in [0.3, 0.4) is 0 Å². The largest absolute Gasteiger partial charge is 0.382 e. The van der Waals surface area contributed by atoms with Crippen LogP contribution in [0.1, 0.15) is 30.5 Å². The minimum absolute atomic E-state index is 0.414. The summed E-state index contributed by atoms with van der Waals surface area (Å²) in [5, 5.41) is 3.52. The third-order valence-corrected chi connectivity index (χ3v) is 2.96. The lowest BCUT2D eigenvalue weighted by atomic mass is 10.0. The molecule has 0 saturated heterocycles. The molecule has 102 valence electrons. The highest BCUT2D eigenvalue weighted by molar-refractivity contribution is 5.23. The first-order valence-electron chi connectivity index (χ1n) is 6.64. The van der Waals surface area contributed by atoms with Crippen LogP contribution in [0.4, 0.5) is 0 Å². The van der Waals surface area contributed by atoms with Gasteiger partial charge in [0.05, 0.1) is 19.8 Å². The van der Waals surface area contributed by atoms with Gasteiger partial charge in [0.15, 0.2) is 0 Å². The van der Waals surface area contributed by atoms with E-state index in [0.717, 1.165) is 19.6 Å². The summed E-state index contributed by atoms with van der Waals surface area (Å²) in [6, 6.07) is 9.13. The number of hydrogen-bond donors (Lipinski definition) is 1. The highest BCUT2D eigenvalue weighted by Gasteiger charge is 2.07. The van der Waals surface area contributed by atoms with Crippen molar-refractivity contribution < 1.29 is 9.47 Å². The summed E-state index contributed by atoms with van der Waals surface area (Å²) in [5.41, 5.74) is 2.65. The zero-order chi connectivity index (χ0) is 13.2. The number of nitrogens with one attached hydrogen (secondary N) is 1. The Bertz CT molecular complexity index is 311. The molecule has 1 aromatic carbocycles.